The van der Waals surface area contributed by atoms with Crippen molar-refractivity contribution in [3.05, 3.63) is 57.6 Å². The van der Waals surface area contributed by atoms with E-state index in [1.165, 1.54) is 11.1 Å². The minimum Gasteiger partial charge on any atom is -0.456 e. The molecule has 0 unspecified atom stereocenters. The molecular formula is C17H18BrNOS. The third-order valence-corrected chi connectivity index (χ3v) is 4.16. The number of thiocarbonyl (C=S) groups is 1. The Kier molecular flexibility index (Phi) is 5.01. The van der Waals surface area contributed by atoms with Crippen molar-refractivity contribution in [2.24, 2.45) is 5.73 Å². The average Bonchev–Trinajstić information content (AvgIpc) is 2.40. The molecule has 21 heavy (non-hydrogen) atoms. The maximum absolute atomic E-state index is 5.93. The van der Waals surface area contributed by atoms with E-state index in [9.17, 15) is 0 Å². The summed E-state index contributed by atoms with van der Waals surface area (Å²) in [5.41, 5.74) is 9.01. The van der Waals surface area contributed by atoms with E-state index in [-0.39, 0.29) is 0 Å². The van der Waals surface area contributed by atoms with Crippen LogP contribution in [0.15, 0.2) is 40.9 Å². The number of ether oxygens (including phenoxy) is 1. The fraction of sp³-hybridized carbons (Fsp3) is 0.235. The molecule has 0 aromatic heterocycles. The molecule has 2 aromatic carbocycles. The average molecular weight is 364 g/mol. The summed E-state index contributed by atoms with van der Waals surface area (Å²) in [5.74, 6) is 2.07. The van der Waals surface area contributed by atoms with Crippen LogP contribution >= 0.6 is 28.1 Å². The van der Waals surface area contributed by atoms with Gasteiger partial charge in [0.25, 0.3) is 0 Å². The predicted molar refractivity (Wildman–Crippen MR) is 95.4 cm³/mol. The second kappa shape index (κ2) is 6.58. The molecule has 110 valence electrons. The Hall–Kier alpha value is -1.39. The van der Waals surface area contributed by atoms with Crippen molar-refractivity contribution in [1.29, 1.82) is 0 Å². The third-order valence-electron chi connectivity index (χ3n) is 3.31. The van der Waals surface area contributed by atoms with Crippen molar-refractivity contribution in [2.75, 3.05) is 0 Å². The van der Waals surface area contributed by atoms with E-state index in [0.29, 0.717) is 10.9 Å². The lowest BCUT2D eigenvalue weighted by molar-refractivity contribution is 0.479. The van der Waals surface area contributed by atoms with E-state index in [2.05, 4.69) is 48.8 Å². The van der Waals surface area contributed by atoms with Gasteiger partial charge in [0.2, 0.25) is 0 Å². The predicted octanol–water partition coefficient (Wildman–Crippen LogP) is 5.31. The van der Waals surface area contributed by atoms with Gasteiger partial charge in [-0.05, 0) is 70.2 Å². The smallest absolute Gasteiger partial charge is 0.141 e. The SMILES string of the molecule is Cc1cc(Oc2ccc(C(N)=S)cc2Br)ccc1C(C)C. The maximum atomic E-state index is 5.93. The van der Waals surface area contributed by atoms with Crippen molar-refractivity contribution >= 4 is 33.1 Å². The van der Waals surface area contributed by atoms with Gasteiger partial charge in [-0.15, -0.1) is 0 Å². The molecule has 2 nitrogen and oxygen atoms in total. The van der Waals surface area contributed by atoms with Gasteiger partial charge in [0.1, 0.15) is 16.5 Å². The van der Waals surface area contributed by atoms with E-state index in [0.717, 1.165) is 21.5 Å². The lowest BCUT2D eigenvalue weighted by atomic mass is 9.98. The molecule has 0 fully saturated rings. The summed E-state index contributed by atoms with van der Waals surface area (Å²) in [7, 11) is 0. The molecule has 0 aliphatic heterocycles. The van der Waals surface area contributed by atoms with Gasteiger partial charge >= 0.3 is 0 Å². The highest BCUT2D eigenvalue weighted by atomic mass is 79.9. The van der Waals surface area contributed by atoms with E-state index in [4.69, 9.17) is 22.7 Å². The Morgan fingerprint density at radius 3 is 2.43 bits per heavy atom. The van der Waals surface area contributed by atoms with Crippen molar-refractivity contribution in [3.63, 3.8) is 0 Å². The van der Waals surface area contributed by atoms with Gasteiger partial charge in [0.05, 0.1) is 4.47 Å². The zero-order valence-corrected chi connectivity index (χ0v) is 14.7. The van der Waals surface area contributed by atoms with E-state index in [1.54, 1.807) is 0 Å². The summed E-state index contributed by atoms with van der Waals surface area (Å²) in [5, 5.41) is 0. The third kappa shape index (κ3) is 3.83. The molecular weight excluding hydrogens is 346 g/mol. The van der Waals surface area contributed by atoms with Gasteiger partial charge in [0, 0.05) is 5.56 Å². The minimum absolute atomic E-state index is 0.374. The molecule has 0 heterocycles. The molecule has 0 aliphatic rings. The normalized spacial score (nSPS) is 10.7. The first-order valence-electron chi connectivity index (χ1n) is 6.76. The molecule has 0 atom stereocenters. The Morgan fingerprint density at radius 2 is 1.90 bits per heavy atom. The first-order valence-corrected chi connectivity index (χ1v) is 7.96. The van der Waals surface area contributed by atoms with Crippen LogP contribution in [-0.2, 0) is 0 Å². The number of rotatable bonds is 4. The Morgan fingerprint density at radius 1 is 1.19 bits per heavy atom. The molecule has 0 saturated heterocycles. The highest BCUT2D eigenvalue weighted by Gasteiger charge is 2.08. The second-order valence-electron chi connectivity index (χ2n) is 5.28. The highest BCUT2D eigenvalue weighted by Crippen LogP contribution is 2.32. The summed E-state index contributed by atoms with van der Waals surface area (Å²) in [6.07, 6.45) is 0. The number of aryl methyl sites for hydroxylation is 1. The van der Waals surface area contributed by atoms with Crippen LogP contribution in [0.4, 0.5) is 0 Å². The van der Waals surface area contributed by atoms with Crippen LogP contribution in [0.1, 0.15) is 36.5 Å². The van der Waals surface area contributed by atoms with Crippen molar-refractivity contribution in [1.82, 2.24) is 0 Å². The van der Waals surface area contributed by atoms with Crippen LogP contribution in [0.25, 0.3) is 0 Å². The Bertz CT molecular complexity index is 682. The highest BCUT2D eigenvalue weighted by molar-refractivity contribution is 9.10. The molecule has 0 amide bonds. The van der Waals surface area contributed by atoms with Crippen LogP contribution in [0.2, 0.25) is 0 Å². The first kappa shape index (κ1) is 16.0. The molecule has 0 aliphatic carbocycles. The lowest BCUT2D eigenvalue weighted by Crippen LogP contribution is -2.09. The van der Waals surface area contributed by atoms with Crippen LogP contribution in [0.3, 0.4) is 0 Å². The van der Waals surface area contributed by atoms with Gasteiger partial charge < -0.3 is 10.5 Å². The molecule has 2 aromatic rings. The second-order valence-corrected chi connectivity index (χ2v) is 6.58. The quantitative estimate of drug-likeness (QED) is 0.747. The van der Waals surface area contributed by atoms with Gasteiger partial charge in [-0.2, -0.15) is 0 Å². The number of hydrogen-bond donors (Lipinski definition) is 1. The maximum Gasteiger partial charge on any atom is 0.141 e. The summed E-state index contributed by atoms with van der Waals surface area (Å²) in [6, 6.07) is 11.8. The summed E-state index contributed by atoms with van der Waals surface area (Å²) >= 11 is 8.46. The molecule has 0 saturated carbocycles. The van der Waals surface area contributed by atoms with Crippen molar-refractivity contribution < 1.29 is 4.74 Å². The largest absolute Gasteiger partial charge is 0.456 e. The van der Waals surface area contributed by atoms with Crippen LogP contribution < -0.4 is 10.5 Å². The topological polar surface area (TPSA) is 35.2 Å². The lowest BCUT2D eigenvalue weighted by Gasteiger charge is -2.13. The van der Waals surface area contributed by atoms with Crippen LogP contribution in [0, 0.1) is 6.92 Å². The van der Waals surface area contributed by atoms with Crippen molar-refractivity contribution in [3.8, 4) is 11.5 Å². The first-order chi connectivity index (χ1) is 9.88. The molecule has 2 rings (SSSR count). The number of hydrogen-bond acceptors (Lipinski definition) is 2. The summed E-state index contributed by atoms with van der Waals surface area (Å²) in [4.78, 5) is 0.374. The molecule has 2 N–H and O–H groups in total. The fourth-order valence-corrected chi connectivity index (χ4v) is 2.81. The van der Waals surface area contributed by atoms with Crippen molar-refractivity contribution in [2.45, 2.75) is 26.7 Å². The molecule has 4 heteroatoms. The molecule has 0 bridgehead atoms. The Balaban J connectivity index is 2.26. The van der Waals surface area contributed by atoms with Crippen LogP contribution in [0.5, 0.6) is 11.5 Å². The molecule has 0 radical (unpaired) electrons. The number of halogens is 1. The van der Waals surface area contributed by atoms with Crippen LogP contribution in [-0.4, -0.2) is 4.99 Å². The zero-order valence-electron chi connectivity index (χ0n) is 12.3. The number of nitrogens with two attached hydrogens (primary N) is 1. The summed E-state index contributed by atoms with van der Waals surface area (Å²) < 4.78 is 6.76. The van der Waals surface area contributed by atoms with Gasteiger partial charge in [-0.25, -0.2) is 0 Å². The number of benzene rings is 2. The summed E-state index contributed by atoms with van der Waals surface area (Å²) in [6.45, 7) is 6.48. The van der Waals surface area contributed by atoms with Gasteiger partial charge in [-0.3, -0.25) is 0 Å². The van der Waals surface area contributed by atoms with Gasteiger partial charge in [0.15, 0.2) is 0 Å². The zero-order chi connectivity index (χ0) is 15.6. The van der Waals surface area contributed by atoms with E-state index in [1.807, 2.05) is 24.3 Å². The monoisotopic (exact) mass is 363 g/mol. The van der Waals surface area contributed by atoms with E-state index < -0.39 is 0 Å². The fourth-order valence-electron chi connectivity index (χ4n) is 2.22. The van der Waals surface area contributed by atoms with E-state index >= 15 is 0 Å². The minimum atomic E-state index is 0.374. The molecule has 0 spiro atoms. The standard InChI is InChI=1S/C17H18BrNOS/c1-10(2)14-6-5-13(8-11(14)3)20-16-7-4-12(17(19)21)9-15(16)18/h4-10H,1-3H3,(H2,19,21). The Labute approximate surface area is 139 Å². The van der Waals surface area contributed by atoms with Gasteiger partial charge in [-0.1, -0.05) is 32.1 Å².